The Morgan fingerprint density at radius 3 is 3.08 bits per heavy atom. The predicted molar refractivity (Wildman–Crippen MR) is 86.4 cm³/mol. The van der Waals surface area contributed by atoms with E-state index in [9.17, 15) is 14.4 Å². The van der Waals surface area contributed by atoms with Crippen LogP contribution >= 0.6 is 0 Å². The van der Waals surface area contributed by atoms with Crippen molar-refractivity contribution < 1.29 is 23.9 Å². The molecule has 0 aromatic heterocycles. The summed E-state index contributed by atoms with van der Waals surface area (Å²) in [5.74, 6) is -1.41. The van der Waals surface area contributed by atoms with Crippen LogP contribution in [0.1, 0.15) is 6.92 Å². The number of amides is 3. The minimum absolute atomic E-state index is 0.0493. The minimum atomic E-state index is -0.702. The number of piperazine rings is 1. The molecule has 4 aliphatic heterocycles. The van der Waals surface area contributed by atoms with Crippen LogP contribution in [-0.2, 0) is 23.9 Å². The Labute approximate surface area is 146 Å². The maximum Gasteiger partial charge on any atom is 0.239 e. The van der Waals surface area contributed by atoms with Gasteiger partial charge in [-0.25, -0.2) is 0 Å². The van der Waals surface area contributed by atoms with E-state index in [1.165, 1.54) is 0 Å². The van der Waals surface area contributed by atoms with Gasteiger partial charge in [-0.3, -0.25) is 14.4 Å². The van der Waals surface area contributed by atoms with E-state index in [2.05, 4.69) is 5.32 Å². The number of nitrogens with zero attached hydrogens (tertiary/aromatic N) is 2. The summed E-state index contributed by atoms with van der Waals surface area (Å²) >= 11 is 0. The molecule has 1 N–H and O–H groups in total. The molecule has 4 heterocycles. The Morgan fingerprint density at radius 1 is 1.48 bits per heavy atom. The van der Waals surface area contributed by atoms with Crippen LogP contribution in [0.25, 0.3) is 0 Å². The van der Waals surface area contributed by atoms with Crippen LogP contribution in [-0.4, -0.2) is 85.2 Å². The summed E-state index contributed by atoms with van der Waals surface area (Å²) in [6, 6.07) is 0. The van der Waals surface area contributed by atoms with E-state index in [1.807, 2.05) is 19.1 Å². The van der Waals surface area contributed by atoms with E-state index in [0.29, 0.717) is 39.4 Å². The molecule has 3 amide bonds. The first-order valence-corrected chi connectivity index (χ1v) is 8.85. The number of ether oxygens (including phenoxy) is 2. The van der Waals surface area contributed by atoms with E-state index >= 15 is 0 Å². The third kappa shape index (κ3) is 2.55. The van der Waals surface area contributed by atoms with Gasteiger partial charge in [-0.2, -0.15) is 0 Å². The molecule has 3 saturated heterocycles. The van der Waals surface area contributed by atoms with Crippen LogP contribution in [0.4, 0.5) is 0 Å². The summed E-state index contributed by atoms with van der Waals surface area (Å²) in [4.78, 5) is 40.8. The first-order chi connectivity index (χ1) is 12.1. The molecular formula is C17H23N3O5. The zero-order valence-corrected chi connectivity index (χ0v) is 14.3. The summed E-state index contributed by atoms with van der Waals surface area (Å²) < 4.78 is 11.4. The lowest BCUT2D eigenvalue weighted by molar-refractivity contribution is -0.146. The molecule has 0 saturated carbocycles. The monoisotopic (exact) mass is 349 g/mol. The molecule has 0 aromatic carbocycles. The second-order valence-corrected chi connectivity index (χ2v) is 6.97. The molecule has 0 aromatic rings. The second-order valence-electron chi connectivity index (χ2n) is 6.97. The van der Waals surface area contributed by atoms with E-state index in [4.69, 9.17) is 9.47 Å². The number of hydrogen-bond donors (Lipinski definition) is 1. The number of nitrogens with one attached hydrogen (secondary N) is 1. The van der Waals surface area contributed by atoms with Crippen LogP contribution in [0, 0.1) is 11.8 Å². The molecule has 8 nitrogen and oxygen atoms in total. The van der Waals surface area contributed by atoms with Crippen molar-refractivity contribution >= 4 is 17.7 Å². The number of carbonyl (C=O) groups is 3. The summed E-state index contributed by atoms with van der Waals surface area (Å²) in [5, 5.41) is 2.71. The van der Waals surface area contributed by atoms with Gasteiger partial charge >= 0.3 is 0 Å². The van der Waals surface area contributed by atoms with Crippen LogP contribution in [0.3, 0.4) is 0 Å². The van der Waals surface area contributed by atoms with Gasteiger partial charge in [0.2, 0.25) is 17.7 Å². The summed E-state index contributed by atoms with van der Waals surface area (Å²) in [5.41, 5.74) is -0.702. The molecule has 2 bridgehead atoms. The predicted octanol–water partition coefficient (Wildman–Crippen LogP) is -1.24. The van der Waals surface area contributed by atoms with Gasteiger partial charge in [-0.05, 0) is 6.92 Å². The Morgan fingerprint density at radius 2 is 2.32 bits per heavy atom. The Balaban J connectivity index is 1.53. The maximum absolute atomic E-state index is 13.0. The van der Waals surface area contributed by atoms with Gasteiger partial charge in [0, 0.05) is 26.2 Å². The average molecular weight is 349 g/mol. The third-order valence-corrected chi connectivity index (χ3v) is 5.52. The maximum atomic E-state index is 13.0. The van der Waals surface area contributed by atoms with E-state index < -0.39 is 17.4 Å². The molecule has 8 heteroatoms. The summed E-state index contributed by atoms with van der Waals surface area (Å²) in [7, 11) is 0. The molecule has 4 aliphatic rings. The summed E-state index contributed by atoms with van der Waals surface area (Å²) in [6.45, 7) is 4.92. The quantitative estimate of drug-likeness (QED) is 0.496. The van der Waals surface area contributed by atoms with Gasteiger partial charge in [-0.1, -0.05) is 12.2 Å². The van der Waals surface area contributed by atoms with Gasteiger partial charge in [0.1, 0.15) is 5.60 Å². The highest BCUT2D eigenvalue weighted by molar-refractivity contribution is 5.94. The fraction of sp³-hybridized carbons (Fsp3) is 0.706. The van der Waals surface area contributed by atoms with E-state index in [-0.39, 0.29) is 30.4 Å². The zero-order valence-electron chi connectivity index (χ0n) is 14.3. The van der Waals surface area contributed by atoms with Crippen molar-refractivity contribution in [2.75, 3.05) is 45.9 Å². The van der Waals surface area contributed by atoms with Crippen molar-refractivity contribution in [2.24, 2.45) is 11.8 Å². The van der Waals surface area contributed by atoms with Crippen molar-refractivity contribution in [3.8, 4) is 0 Å². The fourth-order valence-corrected chi connectivity index (χ4v) is 4.41. The Bertz CT molecular complexity index is 636. The van der Waals surface area contributed by atoms with Crippen molar-refractivity contribution in [1.29, 1.82) is 0 Å². The third-order valence-electron chi connectivity index (χ3n) is 5.52. The lowest BCUT2D eigenvalue weighted by Gasteiger charge is -2.32. The number of likely N-dealkylation sites (tertiary alicyclic amines) is 1. The van der Waals surface area contributed by atoms with Gasteiger partial charge in [-0.15, -0.1) is 0 Å². The molecule has 136 valence electrons. The smallest absolute Gasteiger partial charge is 0.239 e. The zero-order chi connectivity index (χ0) is 17.6. The summed E-state index contributed by atoms with van der Waals surface area (Å²) in [6.07, 6.45) is 3.45. The molecular weight excluding hydrogens is 326 g/mol. The van der Waals surface area contributed by atoms with E-state index in [1.54, 1.807) is 9.80 Å². The van der Waals surface area contributed by atoms with Crippen LogP contribution in [0.2, 0.25) is 0 Å². The van der Waals surface area contributed by atoms with Gasteiger partial charge < -0.3 is 24.6 Å². The highest BCUT2D eigenvalue weighted by Crippen LogP contribution is 2.52. The fourth-order valence-electron chi connectivity index (χ4n) is 4.41. The molecule has 3 fully saturated rings. The van der Waals surface area contributed by atoms with Crippen molar-refractivity contribution in [2.45, 2.75) is 18.6 Å². The van der Waals surface area contributed by atoms with Gasteiger partial charge in [0.15, 0.2) is 0 Å². The highest BCUT2D eigenvalue weighted by Gasteiger charge is 2.67. The molecule has 25 heavy (non-hydrogen) atoms. The molecule has 1 spiro atoms. The first-order valence-electron chi connectivity index (χ1n) is 8.85. The largest absolute Gasteiger partial charge is 0.380 e. The number of fused-ring (bicyclic) bond motifs is 1. The standard InChI is InChI=1S/C17H23N3O5/c1-2-24-8-7-20-10-17-4-3-11(25-17)13(14(17)16(20)23)15(22)19-6-5-18-12(21)9-19/h3-4,11,13-14H,2,5-10H2,1H3,(H,18,21)/t11-,13+,14-,17-/m0/s1. The first kappa shape index (κ1) is 16.5. The molecule has 0 radical (unpaired) electrons. The van der Waals surface area contributed by atoms with Crippen molar-refractivity contribution in [3.63, 3.8) is 0 Å². The van der Waals surface area contributed by atoms with Crippen LogP contribution in [0.5, 0.6) is 0 Å². The van der Waals surface area contributed by atoms with Crippen LogP contribution < -0.4 is 5.32 Å². The molecule has 0 aliphatic carbocycles. The lowest BCUT2D eigenvalue weighted by atomic mass is 9.76. The molecule has 4 rings (SSSR count). The molecule has 4 atom stereocenters. The van der Waals surface area contributed by atoms with E-state index in [0.717, 1.165) is 0 Å². The Kier molecular flexibility index (Phi) is 4.04. The second kappa shape index (κ2) is 6.10. The minimum Gasteiger partial charge on any atom is -0.380 e. The Hall–Kier alpha value is -1.93. The number of rotatable bonds is 5. The number of carbonyl (C=O) groups excluding carboxylic acids is 3. The normalized spacial score (nSPS) is 36.1. The van der Waals surface area contributed by atoms with Gasteiger partial charge in [0.25, 0.3) is 0 Å². The highest BCUT2D eigenvalue weighted by atomic mass is 16.5. The van der Waals surface area contributed by atoms with Crippen LogP contribution in [0.15, 0.2) is 12.2 Å². The van der Waals surface area contributed by atoms with Crippen molar-refractivity contribution in [1.82, 2.24) is 15.1 Å². The average Bonchev–Trinajstić information content (AvgIpc) is 3.23. The number of hydrogen-bond acceptors (Lipinski definition) is 5. The topological polar surface area (TPSA) is 88.2 Å². The van der Waals surface area contributed by atoms with Gasteiger partial charge in [0.05, 0.1) is 37.6 Å². The van der Waals surface area contributed by atoms with Crippen molar-refractivity contribution in [3.05, 3.63) is 12.2 Å². The molecule has 0 unspecified atom stereocenters. The lowest BCUT2D eigenvalue weighted by Crippen LogP contribution is -2.54. The SMILES string of the molecule is CCOCCN1C[C@]23C=C[C@H](O2)[C@@H](C(=O)N2CCNC(=O)C2)[C@H]3C1=O.